The molecule has 1 heterocycles. The number of furan rings is 1. The Morgan fingerprint density at radius 3 is 2.53 bits per heavy atom. The summed E-state index contributed by atoms with van der Waals surface area (Å²) in [5.41, 5.74) is 0. The van der Waals surface area contributed by atoms with Gasteiger partial charge < -0.3 is 9.73 Å². The first-order valence-corrected chi connectivity index (χ1v) is 7.05. The Kier molecular flexibility index (Phi) is 7.02. The zero-order valence-corrected chi connectivity index (χ0v) is 11.5. The lowest BCUT2D eigenvalue weighted by Gasteiger charge is -2.22. The molecule has 0 saturated heterocycles. The second-order valence-electron chi connectivity index (χ2n) is 4.79. The molecule has 1 N–H and O–H groups in total. The van der Waals surface area contributed by atoms with Crippen LogP contribution in [-0.2, 0) is 6.42 Å². The molecule has 0 saturated carbocycles. The first-order valence-electron chi connectivity index (χ1n) is 7.05. The van der Waals surface area contributed by atoms with Gasteiger partial charge in [-0.2, -0.15) is 0 Å². The molecule has 0 amide bonds. The quantitative estimate of drug-likeness (QED) is 0.702. The van der Waals surface area contributed by atoms with Crippen LogP contribution in [-0.4, -0.2) is 12.6 Å². The zero-order valence-electron chi connectivity index (χ0n) is 11.5. The van der Waals surface area contributed by atoms with Crippen LogP contribution in [0.15, 0.2) is 22.8 Å². The third-order valence-electron chi connectivity index (χ3n) is 3.58. The van der Waals surface area contributed by atoms with E-state index in [0.29, 0.717) is 6.04 Å². The van der Waals surface area contributed by atoms with Crippen molar-refractivity contribution in [3.8, 4) is 0 Å². The molecule has 1 unspecified atom stereocenters. The topological polar surface area (TPSA) is 25.2 Å². The van der Waals surface area contributed by atoms with E-state index < -0.39 is 0 Å². The van der Waals surface area contributed by atoms with Gasteiger partial charge in [0.25, 0.3) is 0 Å². The Balaban J connectivity index is 2.36. The second kappa shape index (κ2) is 8.35. The first kappa shape index (κ1) is 14.3. The van der Waals surface area contributed by atoms with Crippen molar-refractivity contribution >= 4 is 0 Å². The van der Waals surface area contributed by atoms with E-state index in [2.05, 4.69) is 32.2 Å². The van der Waals surface area contributed by atoms with E-state index >= 15 is 0 Å². The van der Waals surface area contributed by atoms with E-state index in [1.165, 1.54) is 25.7 Å². The van der Waals surface area contributed by atoms with E-state index in [4.69, 9.17) is 4.42 Å². The van der Waals surface area contributed by atoms with E-state index in [1.54, 1.807) is 6.26 Å². The van der Waals surface area contributed by atoms with Crippen LogP contribution in [0.1, 0.15) is 52.2 Å². The lowest BCUT2D eigenvalue weighted by Crippen LogP contribution is -2.31. The van der Waals surface area contributed by atoms with Crippen molar-refractivity contribution < 1.29 is 4.42 Å². The fourth-order valence-electron chi connectivity index (χ4n) is 2.39. The number of hydrogen-bond acceptors (Lipinski definition) is 2. The SMILES string of the molecule is CCNC(CCc1ccco1)CC(CC)CC. The number of aryl methyl sites for hydroxylation is 1. The van der Waals surface area contributed by atoms with Gasteiger partial charge in [-0.25, -0.2) is 0 Å². The van der Waals surface area contributed by atoms with Gasteiger partial charge in [-0.05, 0) is 37.4 Å². The molecule has 0 aliphatic rings. The molecule has 0 aromatic carbocycles. The summed E-state index contributed by atoms with van der Waals surface area (Å²) < 4.78 is 5.39. The van der Waals surface area contributed by atoms with E-state index in [9.17, 15) is 0 Å². The number of nitrogens with one attached hydrogen (secondary N) is 1. The number of rotatable bonds is 9. The molecule has 0 aliphatic carbocycles. The fraction of sp³-hybridized carbons (Fsp3) is 0.733. The van der Waals surface area contributed by atoms with Crippen molar-refractivity contribution in [3.63, 3.8) is 0 Å². The van der Waals surface area contributed by atoms with Gasteiger partial charge in [0.2, 0.25) is 0 Å². The lowest BCUT2D eigenvalue weighted by molar-refractivity contribution is 0.349. The third kappa shape index (κ3) is 5.40. The van der Waals surface area contributed by atoms with Gasteiger partial charge in [0, 0.05) is 12.5 Å². The monoisotopic (exact) mass is 237 g/mol. The van der Waals surface area contributed by atoms with Crippen molar-refractivity contribution in [1.82, 2.24) is 5.32 Å². The van der Waals surface area contributed by atoms with Crippen LogP contribution in [0.25, 0.3) is 0 Å². The Labute approximate surface area is 106 Å². The maximum atomic E-state index is 5.39. The minimum absolute atomic E-state index is 0.634. The van der Waals surface area contributed by atoms with Crippen molar-refractivity contribution in [2.24, 2.45) is 5.92 Å². The lowest BCUT2D eigenvalue weighted by atomic mass is 9.92. The summed E-state index contributed by atoms with van der Waals surface area (Å²) in [5, 5.41) is 3.60. The molecule has 1 atom stereocenters. The second-order valence-corrected chi connectivity index (χ2v) is 4.79. The summed E-state index contributed by atoms with van der Waals surface area (Å²) in [6.45, 7) is 7.84. The standard InChI is InChI=1S/C15H27NO/c1-4-13(5-2)12-14(16-6-3)9-10-15-8-7-11-17-15/h7-8,11,13-14,16H,4-6,9-10,12H2,1-3H3. The highest BCUT2D eigenvalue weighted by atomic mass is 16.3. The predicted molar refractivity (Wildman–Crippen MR) is 73.2 cm³/mol. The molecule has 1 aromatic rings. The van der Waals surface area contributed by atoms with Gasteiger partial charge >= 0.3 is 0 Å². The first-order chi connectivity index (χ1) is 8.30. The molecule has 17 heavy (non-hydrogen) atoms. The molecule has 2 nitrogen and oxygen atoms in total. The Morgan fingerprint density at radius 1 is 1.24 bits per heavy atom. The predicted octanol–water partition coefficient (Wildman–Crippen LogP) is 4.02. The molecular formula is C15H27NO. The normalized spacial score (nSPS) is 13.2. The van der Waals surface area contributed by atoms with Gasteiger partial charge in [-0.15, -0.1) is 0 Å². The summed E-state index contributed by atoms with van der Waals surface area (Å²) >= 11 is 0. The van der Waals surface area contributed by atoms with Crippen molar-refractivity contribution in [1.29, 1.82) is 0 Å². The van der Waals surface area contributed by atoms with Crippen LogP contribution in [0.3, 0.4) is 0 Å². The molecule has 0 aliphatic heterocycles. The largest absolute Gasteiger partial charge is 0.469 e. The maximum absolute atomic E-state index is 5.39. The highest BCUT2D eigenvalue weighted by Gasteiger charge is 2.13. The fourth-order valence-corrected chi connectivity index (χ4v) is 2.39. The van der Waals surface area contributed by atoms with Crippen molar-refractivity contribution in [2.75, 3.05) is 6.54 Å². The summed E-state index contributed by atoms with van der Waals surface area (Å²) in [7, 11) is 0. The summed E-state index contributed by atoms with van der Waals surface area (Å²) in [6.07, 6.45) is 7.86. The molecular weight excluding hydrogens is 210 g/mol. The van der Waals surface area contributed by atoms with Gasteiger partial charge in [-0.3, -0.25) is 0 Å². The summed E-state index contributed by atoms with van der Waals surface area (Å²) in [6, 6.07) is 4.67. The van der Waals surface area contributed by atoms with Gasteiger partial charge in [0.15, 0.2) is 0 Å². The van der Waals surface area contributed by atoms with Gasteiger partial charge in [0.05, 0.1) is 6.26 Å². The van der Waals surface area contributed by atoms with E-state index in [-0.39, 0.29) is 0 Å². The highest BCUT2D eigenvalue weighted by Crippen LogP contribution is 2.18. The molecule has 0 bridgehead atoms. The average Bonchev–Trinajstić information content (AvgIpc) is 2.85. The Bertz CT molecular complexity index is 264. The Morgan fingerprint density at radius 2 is 2.00 bits per heavy atom. The van der Waals surface area contributed by atoms with E-state index in [1.807, 2.05) is 6.07 Å². The van der Waals surface area contributed by atoms with Gasteiger partial charge in [-0.1, -0.05) is 33.6 Å². The summed E-state index contributed by atoms with van der Waals surface area (Å²) in [4.78, 5) is 0. The minimum atomic E-state index is 0.634. The molecule has 98 valence electrons. The molecule has 1 aromatic heterocycles. The van der Waals surface area contributed by atoms with Crippen LogP contribution >= 0.6 is 0 Å². The maximum Gasteiger partial charge on any atom is 0.103 e. The minimum Gasteiger partial charge on any atom is -0.469 e. The van der Waals surface area contributed by atoms with Crippen LogP contribution in [0.4, 0.5) is 0 Å². The van der Waals surface area contributed by atoms with Gasteiger partial charge in [0.1, 0.15) is 5.76 Å². The molecule has 0 spiro atoms. The molecule has 0 fully saturated rings. The van der Waals surface area contributed by atoms with Crippen LogP contribution in [0.2, 0.25) is 0 Å². The van der Waals surface area contributed by atoms with E-state index in [0.717, 1.165) is 24.6 Å². The zero-order chi connectivity index (χ0) is 12.5. The third-order valence-corrected chi connectivity index (χ3v) is 3.58. The number of hydrogen-bond donors (Lipinski definition) is 1. The average molecular weight is 237 g/mol. The Hall–Kier alpha value is -0.760. The van der Waals surface area contributed by atoms with Crippen LogP contribution < -0.4 is 5.32 Å². The smallest absolute Gasteiger partial charge is 0.103 e. The van der Waals surface area contributed by atoms with Crippen LogP contribution in [0.5, 0.6) is 0 Å². The molecule has 0 radical (unpaired) electrons. The molecule has 1 rings (SSSR count). The molecule has 2 heteroatoms. The highest BCUT2D eigenvalue weighted by molar-refractivity contribution is 4.98. The van der Waals surface area contributed by atoms with Crippen molar-refractivity contribution in [3.05, 3.63) is 24.2 Å². The van der Waals surface area contributed by atoms with Crippen LogP contribution in [0, 0.1) is 5.92 Å². The summed E-state index contributed by atoms with van der Waals surface area (Å²) in [5.74, 6) is 1.97. The van der Waals surface area contributed by atoms with Crippen molar-refractivity contribution in [2.45, 2.75) is 58.9 Å².